The average Bonchev–Trinajstić information content (AvgIpc) is 2.68. The summed E-state index contributed by atoms with van der Waals surface area (Å²) in [4.78, 5) is 0.225. The molecule has 3 rings (SSSR count). The van der Waals surface area contributed by atoms with Crippen molar-refractivity contribution in [3.8, 4) is 17.2 Å². The molecule has 0 unspecified atom stereocenters. The molecule has 3 aromatic rings. The van der Waals surface area contributed by atoms with E-state index in [9.17, 15) is 8.42 Å². The van der Waals surface area contributed by atoms with E-state index in [2.05, 4.69) is 4.72 Å². The maximum Gasteiger partial charge on any atom is 0.240 e. The highest BCUT2D eigenvalue weighted by atomic mass is 32.2. The van der Waals surface area contributed by atoms with Crippen molar-refractivity contribution in [1.29, 1.82) is 5.26 Å². The van der Waals surface area contributed by atoms with E-state index in [1.54, 1.807) is 42.5 Å². The van der Waals surface area contributed by atoms with Gasteiger partial charge in [0, 0.05) is 6.54 Å². The average molecular weight is 348 g/mol. The third-order valence-electron chi connectivity index (χ3n) is 3.80. The Morgan fingerprint density at radius 1 is 0.840 bits per heavy atom. The summed E-state index contributed by atoms with van der Waals surface area (Å²) in [6, 6.07) is 25.3. The summed E-state index contributed by atoms with van der Waals surface area (Å²) in [5.74, 6) is 0. The molecule has 0 radical (unpaired) electrons. The summed E-state index contributed by atoms with van der Waals surface area (Å²) in [6.07, 6.45) is 0. The molecule has 25 heavy (non-hydrogen) atoms. The molecule has 0 amide bonds. The molecule has 0 aliphatic carbocycles. The fourth-order valence-electron chi connectivity index (χ4n) is 2.43. The molecule has 5 heteroatoms. The second kappa shape index (κ2) is 7.31. The van der Waals surface area contributed by atoms with Gasteiger partial charge in [0.2, 0.25) is 10.0 Å². The van der Waals surface area contributed by atoms with Crippen LogP contribution >= 0.6 is 0 Å². The standard InChI is InChI=1S/C20H16N2O2S/c21-14-16-9-11-17(12-10-16)15-22-25(23,24)20-8-4-7-19(13-20)18-5-2-1-3-6-18/h1-13,22H,15H2. The van der Waals surface area contributed by atoms with Gasteiger partial charge in [0.25, 0.3) is 0 Å². The van der Waals surface area contributed by atoms with Crippen molar-refractivity contribution >= 4 is 10.0 Å². The van der Waals surface area contributed by atoms with E-state index in [1.165, 1.54) is 0 Å². The molecular formula is C20H16N2O2S. The predicted molar refractivity (Wildman–Crippen MR) is 97.1 cm³/mol. The van der Waals surface area contributed by atoms with Crippen LogP contribution in [0.4, 0.5) is 0 Å². The second-order valence-electron chi connectivity index (χ2n) is 5.53. The minimum Gasteiger partial charge on any atom is -0.207 e. The third-order valence-corrected chi connectivity index (χ3v) is 5.20. The molecule has 0 aliphatic rings. The first-order chi connectivity index (χ1) is 12.1. The van der Waals surface area contributed by atoms with Crippen LogP contribution in [0.2, 0.25) is 0 Å². The van der Waals surface area contributed by atoms with Crippen LogP contribution in [0.15, 0.2) is 83.8 Å². The fourth-order valence-corrected chi connectivity index (χ4v) is 3.50. The smallest absolute Gasteiger partial charge is 0.207 e. The molecule has 0 bridgehead atoms. The van der Waals surface area contributed by atoms with E-state index >= 15 is 0 Å². The van der Waals surface area contributed by atoms with E-state index in [-0.39, 0.29) is 11.4 Å². The molecule has 0 aliphatic heterocycles. The van der Waals surface area contributed by atoms with Gasteiger partial charge in [-0.15, -0.1) is 0 Å². The van der Waals surface area contributed by atoms with Crippen molar-refractivity contribution in [2.24, 2.45) is 0 Å². The monoisotopic (exact) mass is 348 g/mol. The molecule has 4 nitrogen and oxygen atoms in total. The molecule has 3 aromatic carbocycles. The van der Waals surface area contributed by atoms with Gasteiger partial charge in [-0.05, 0) is 41.0 Å². The van der Waals surface area contributed by atoms with Gasteiger partial charge in [-0.3, -0.25) is 0 Å². The van der Waals surface area contributed by atoms with Crippen LogP contribution in [0.5, 0.6) is 0 Å². The summed E-state index contributed by atoms with van der Waals surface area (Å²) < 4.78 is 27.7. The van der Waals surface area contributed by atoms with Crippen LogP contribution in [0, 0.1) is 11.3 Å². The summed E-state index contributed by atoms with van der Waals surface area (Å²) in [6.45, 7) is 0.170. The Kier molecular flexibility index (Phi) is 4.94. The van der Waals surface area contributed by atoms with Crippen LogP contribution in [0.25, 0.3) is 11.1 Å². The topological polar surface area (TPSA) is 70.0 Å². The Morgan fingerprint density at radius 2 is 1.52 bits per heavy atom. The van der Waals surface area contributed by atoms with E-state index in [0.717, 1.165) is 16.7 Å². The van der Waals surface area contributed by atoms with Crippen LogP contribution in [0.1, 0.15) is 11.1 Å². The maximum atomic E-state index is 12.5. The van der Waals surface area contributed by atoms with Crippen molar-refractivity contribution in [2.45, 2.75) is 11.4 Å². The molecular weight excluding hydrogens is 332 g/mol. The highest BCUT2D eigenvalue weighted by Gasteiger charge is 2.14. The summed E-state index contributed by atoms with van der Waals surface area (Å²) in [5.41, 5.74) is 3.15. The first-order valence-electron chi connectivity index (χ1n) is 7.73. The summed E-state index contributed by atoms with van der Waals surface area (Å²) in [5, 5.41) is 8.79. The van der Waals surface area contributed by atoms with Gasteiger partial charge in [0.1, 0.15) is 0 Å². The maximum absolute atomic E-state index is 12.5. The lowest BCUT2D eigenvalue weighted by Crippen LogP contribution is -2.23. The van der Waals surface area contributed by atoms with Gasteiger partial charge in [-0.25, -0.2) is 13.1 Å². The van der Waals surface area contributed by atoms with Crippen LogP contribution in [-0.2, 0) is 16.6 Å². The van der Waals surface area contributed by atoms with E-state index < -0.39 is 10.0 Å². The quantitative estimate of drug-likeness (QED) is 0.764. The predicted octanol–water partition coefficient (Wildman–Crippen LogP) is 3.70. The third kappa shape index (κ3) is 4.13. The zero-order valence-electron chi connectivity index (χ0n) is 13.4. The fraction of sp³-hybridized carbons (Fsp3) is 0.0500. The van der Waals surface area contributed by atoms with Crippen LogP contribution in [0.3, 0.4) is 0 Å². The van der Waals surface area contributed by atoms with Crippen molar-refractivity contribution in [1.82, 2.24) is 4.72 Å². The lowest BCUT2D eigenvalue weighted by molar-refractivity contribution is 0.581. The van der Waals surface area contributed by atoms with Gasteiger partial charge in [0.15, 0.2) is 0 Å². The van der Waals surface area contributed by atoms with Gasteiger partial charge in [-0.2, -0.15) is 5.26 Å². The Morgan fingerprint density at radius 3 is 2.20 bits per heavy atom. The first-order valence-corrected chi connectivity index (χ1v) is 9.21. The number of rotatable bonds is 5. The molecule has 0 spiro atoms. The zero-order valence-corrected chi connectivity index (χ0v) is 14.2. The van der Waals surface area contributed by atoms with E-state index in [4.69, 9.17) is 5.26 Å². The zero-order chi connectivity index (χ0) is 17.7. The number of nitrogens with zero attached hydrogens (tertiary/aromatic N) is 1. The SMILES string of the molecule is N#Cc1ccc(CNS(=O)(=O)c2cccc(-c3ccccc3)c2)cc1. The number of nitriles is 1. The molecule has 0 saturated heterocycles. The largest absolute Gasteiger partial charge is 0.240 e. The summed E-state index contributed by atoms with van der Waals surface area (Å²) >= 11 is 0. The lowest BCUT2D eigenvalue weighted by atomic mass is 10.1. The van der Waals surface area contributed by atoms with E-state index in [0.29, 0.717) is 5.56 Å². The molecule has 1 N–H and O–H groups in total. The van der Waals surface area contributed by atoms with E-state index in [1.807, 2.05) is 42.5 Å². The number of hydrogen-bond donors (Lipinski definition) is 1. The van der Waals surface area contributed by atoms with Gasteiger partial charge in [0.05, 0.1) is 16.5 Å². The Bertz CT molecular complexity index is 1010. The minimum atomic E-state index is -3.62. The van der Waals surface area contributed by atoms with Gasteiger partial charge < -0.3 is 0 Å². The lowest BCUT2D eigenvalue weighted by Gasteiger charge is -2.09. The van der Waals surface area contributed by atoms with Crippen LogP contribution in [-0.4, -0.2) is 8.42 Å². The molecule has 0 atom stereocenters. The van der Waals surface area contributed by atoms with Crippen molar-refractivity contribution in [2.75, 3.05) is 0 Å². The number of nitrogens with one attached hydrogen (secondary N) is 1. The second-order valence-corrected chi connectivity index (χ2v) is 7.29. The van der Waals surface area contributed by atoms with Gasteiger partial charge >= 0.3 is 0 Å². The van der Waals surface area contributed by atoms with Crippen molar-refractivity contribution in [3.63, 3.8) is 0 Å². The normalized spacial score (nSPS) is 11.0. The molecule has 124 valence electrons. The molecule has 0 heterocycles. The Balaban J connectivity index is 1.79. The highest BCUT2D eigenvalue weighted by Crippen LogP contribution is 2.22. The van der Waals surface area contributed by atoms with Gasteiger partial charge in [-0.1, -0.05) is 54.6 Å². The van der Waals surface area contributed by atoms with Crippen molar-refractivity contribution in [3.05, 3.63) is 90.0 Å². The first kappa shape index (κ1) is 16.9. The minimum absolute atomic E-state index is 0.170. The number of benzene rings is 3. The Labute approximate surface area is 147 Å². The number of sulfonamides is 1. The number of hydrogen-bond acceptors (Lipinski definition) is 3. The Hall–Kier alpha value is -2.94. The summed E-state index contributed by atoms with van der Waals surface area (Å²) in [7, 11) is -3.62. The van der Waals surface area contributed by atoms with Crippen LogP contribution < -0.4 is 4.72 Å². The molecule has 0 fully saturated rings. The molecule has 0 saturated carbocycles. The molecule has 0 aromatic heterocycles. The van der Waals surface area contributed by atoms with Crippen molar-refractivity contribution < 1.29 is 8.42 Å². The highest BCUT2D eigenvalue weighted by molar-refractivity contribution is 7.89.